The molecule has 1 aromatic rings. The van der Waals surface area contributed by atoms with Crippen LogP contribution in [-0.4, -0.2) is 36.1 Å². The van der Waals surface area contributed by atoms with Gasteiger partial charge in [-0.2, -0.15) is 0 Å². The SMILES string of the molecule is Cc1ccc(OCCS(=O)(=O)C(C)C)c(CO)n1. The Morgan fingerprint density at radius 1 is 1.39 bits per heavy atom. The third-order valence-electron chi connectivity index (χ3n) is 2.57. The molecule has 1 N–H and O–H groups in total. The highest BCUT2D eigenvalue weighted by Gasteiger charge is 2.16. The van der Waals surface area contributed by atoms with Gasteiger partial charge in [0.25, 0.3) is 0 Å². The van der Waals surface area contributed by atoms with Crippen molar-refractivity contribution in [3.05, 3.63) is 23.5 Å². The van der Waals surface area contributed by atoms with Gasteiger partial charge in [-0.3, -0.25) is 4.98 Å². The highest BCUT2D eigenvalue weighted by Crippen LogP contribution is 2.17. The fraction of sp³-hybridized carbons (Fsp3) is 0.583. The van der Waals surface area contributed by atoms with Gasteiger partial charge in [-0.1, -0.05) is 0 Å². The van der Waals surface area contributed by atoms with E-state index in [1.54, 1.807) is 26.0 Å². The van der Waals surface area contributed by atoms with Gasteiger partial charge in [-0.05, 0) is 32.9 Å². The maximum atomic E-state index is 11.6. The van der Waals surface area contributed by atoms with Gasteiger partial charge in [-0.15, -0.1) is 0 Å². The zero-order chi connectivity index (χ0) is 13.8. The minimum atomic E-state index is -3.10. The van der Waals surface area contributed by atoms with E-state index in [0.29, 0.717) is 11.4 Å². The largest absolute Gasteiger partial charge is 0.491 e. The number of aliphatic hydroxyl groups is 1. The van der Waals surface area contributed by atoms with Gasteiger partial charge in [0.05, 0.1) is 17.6 Å². The van der Waals surface area contributed by atoms with E-state index in [1.165, 1.54) is 0 Å². The molecule has 1 rings (SSSR count). The summed E-state index contributed by atoms with van der Waals surface area (Å²) in [4.78, 5) is 4.12. The lowest BCUT2D eigenvalue weighted by Gasteiger charge is -2.11. The van der Waals surface area contributed by atoms with Crippen LogP contribution in [0.2, 0.25) is 0 Å². The number of nitrogens with zero attached hydrogens (tertiary/aromatic N) is 1. The number of pyridine rings is 1. The Balaban J connectivity index is 2.65. The van der Waals surface area contributed by atoms with Crippen molar-refractivity contribution < 1.29 is 18.3 Å². The van der Waals surface area contributed by atoms with E-state index >= 15 is 0 Å². The molecule has 0 amide bonds. The monoisotopic (exact) mass is 273 g/mol. The van der Waals surface area contributed by atoms with Crippen molar-refractivity contribution in [3.8, 4) is 5.75 Å². The van der Waals surface area contributed by atoms with Gasteiger partial charge in [0.1, 0.15) is 18.1 Å². The molecule has 0 fully saturated rings. The van der Waals surface area contributed by atoms with Crippen LogP contribution in [0.3, 0.4) is 0 Å². The number of sulfone groups is 1. The Hall–Kier alpha value is -1.14. The van der Waals surface area contributed by atoms with E-state index in [1.807, 2.05) is 6.92 Å². The summed E-state index contributed by atoms with van der Waals surface area (Å²) in [5.74, 6) is 0.394. The zero-order valence-corrected chi connectivity index (χ0v) is 11.7. The first kappa shape index (κ1) is 14.9. The molecular weight excluding hydrogens is 254 g/mol. The van der Waals surface area contributed by atoms with E-state index in [2.05, 4.69) is 4.98 Å². The lowest BCUT2D eigenvalue weighted by molar-refractivity contribution is 0.261. The molecule has 0 saturated carbocycles. The van der Waals surface area contributed by atoms with Crippen LogP contribution in [0, 0.1) is 6.92 Å². The van der Waals surface area contributed by atoms with E-state index < -0.39 is 15.1 Å². The molecule has 0 aliphatic carbocycles. The number of hydrogen-bond acceptors (Lipinski definition) is 5. The second-order valence-electron chi connectivity index (χ2n) is 4.32. The van der Waals surface area contributed by atoms with Crippen molar-refractivity contribution in [1.82, 2.24) is 4.98 Å². The molecule has 0 bridgehead atoms. The summed E-state index contributed by atoms with van der Waals surface area (Å²) in [6.45, 7) is 4.93. The predicted molar refractivity (Wildman–Crippen MR) is 69.3 cm³/mol. The highest BCUT2D eigenvalue weighted by atomic mass is 32.2. The van der Waals surface area contributed by atoms with Crippen LogP contribution in [-0.2, 0) is 16.4 Å². The van der Waals surface area contributed by atoms with E-state index in [9.17, 15) is 8.42 Å². The standard InChI is InChI=1S/C12H19NO4S/c1-9(2)18(15,16)7-6-17-12-5-4-10(3)13-11(12)8-14/h4-5,9,14H,6-8H2,1-3H3. The first-order chi connectivity index (χ1) is 8.36. The smallest absolute Gasteiger partial charge is 0.155 e. The first-order valence-corrected chi connectivity index (χ1v) is 7.50. The molecule has 5 nitrogen and oxygen atoms in total. The first-order valence-electron chi connectivity index (χ1n) is 5.78. The summed E-state index contributed by atoms with van der Waals surface area (Å²) >= 11 is 0. The molecule has 0 aliphatic rings. The van der Waals surface area contributed by atoms with Gasteiger partial charge >= 0.3 is 0 Å². The van der Waals surface area contributed by atoms with Gasteiger partial charge < -0.3 is 9.84 Å². The molecule has 0 saturated heterocycles. The van der Waals surface area contributed by atoms with Crippen LogP contribution < -0.4 is 4.74 Å². The highest BCUT2D eigenvalue weighted by molar-refractivity contribution is 7.91. The van der Waals surface area contributed by atoms with Gasteiger partial charge in [0.2, 0.25) is 0 Å². The number of ether oxygens (including phenoxy) is 1. The lowest BCUT2D eigenvalue weighted by atomic mass is 10.3. The topological polar surface area (TPSA) is 76.5 Å². The van der Waals surface area contributed by atoms with Gasteiger partial charge in [0, 0.05) is 5.69 Å². The summed E-state index contributed by atoms with van der Waals surface area (Å²) in [5.41, 5.74) is 1.21. The Morgan fingerprint density at radius 2 is 2.06 bits per heavy atom. The molecule has 102 valence electrons. The predicted octanol–water partition coefficient (Wildman–Crippen LogP) is 1.08. The molecule has 0 aliphatic heterocycles. The van der Waals surface area contributed by atoms with Crippen LogP contribution in [0.25, 0.3) is 0 Å². The van der Waals surface area contributed by atoms with Crippen LogP contribution in [0.1, 0.15) is 25.2 Å². The van der Waals surface area contributed by atoms with E-state index in [0.717, 1.165) is 5.69 Å². The maximum Gasteiger partial charge on any atom is 0.155 e. The van der Waals surface area contributed by atoms with Gasteiger partial charge in [0.15, 0.2) is 9.84 Å². The number of hydrogen-bond donors (Lipinski definition) is 1. The van der Waals surface area contributed by atoms with Crippen LogP contribution in [0.4, 0.5) is 0 Å². The Labute approximate surface area is 108 Å². The molecule has 18 heavy (non-hydrogen) atoms. The third-order valence-corrected chi connectivity index (χ3v) is 4.74. The minimum Gasteiger partial charge on any atom is -0.491 e. The average Bonchev–Trinajstić information content (AvgIpc) is 2.30. The molecule has 0 aromatic carbocycles. The number of rotatable bonds is 6. The van der Waals surface area contributed by atoms with E-state index in [-0.39, 0.29) is 19.0 Å². The summed E-state index contributed by atoms with van der Waals surface area (Å²) in [7, 11) is -3.10. The fourth-order valence-corrected chi connectivity index (χ4v) is 2.13. The fourth-order valence-electron chi connectivity index (χ4n) is 1.35. The van der Waals surface area contributed by atoms with Crippen molar-refractivity contribution >= 4 is 9.84 Å². The summed E-state index contributed by atoms with van der Waals surface area (Å²) in [6, 6.07) is 3.45. The minimum absolute atomic E-state index is 0.0383. The lowest BCUT2D eigenvalue weighted by Crippen LogP contribution is -2.22. The van der Waals surface area contributed by atoms with Crippen molar-refractivity contribution in [3.63, 3.8) is 0 Å². The van der Waals surface area contributed by atoms with Crippen molar-refractivity contribution in [1.29, 1.82) is 0 Å². The summed E-state index contributed by atoms with van der Waals surface area (Å²) in [5, 5.41) is 8.72. The second kappa shape index (κ2) is 6.15. The Kier molecular flexibility index (Phi) is 5.10. The Bertz CT molecular complexity index is 497. The van der Waals surface area contributed by atoms with E-state index in [4.69, 9.17) is 9.84 Å². The quantitative estimate of drug-likeness (QED) is 0.839. The molecule has 0 spiro atoms. The maximum absolute atomic E-state index is 11.6. The number of aromatic nitrogens is 1. The Morgan fingerprint density at radius 3 is 2.61 bits per heavy atom. The number of aryl methyl sites for hydroxylation is 1. The second-order valence-corrected chi connectivity index (χ2v) is 7.00. The molecular formula is C12H19NO4S. The molecule has 0 unspecified atom stereocenters. The molecule has 1 aromatic heterocycles. The van der Waals surface area contributed by atoms with Crippen LogP contribution in [0.5, 0.6) is 5.75 Å². The van der Waals surface area contributed by atoms with Crippen molar-refractivity contribution in [2.45, 2.75) is 32.6 Å². The van der Waals surface area contributed by atoms with Crippen LogP contribution in [0.15, 0.2) is 12.1 Å². The average molecular weight is 273 g/mol. The molecule has 0 radical (unpaired) electrons. The normalized spacial score (nSPS) is 11.8. The van der Waals surface area contributed by atoms with Crippen molar-refractivity contribution in [2.75, 3.05) is 12.4 Å². The molecule has 1 heterocycles. The molecule has 6 heteroatoms. The van der Waals surface area contributed by atoms with Gasteiger partial charge in [-0.25, -0.2) is 8.42 Å². The van der Waals surface area contributed by atoms with Crippen LogP contribution >= 0.6 is 0 Å². The molecule has 0 atom stereocenters. The van der Waals surface area contributed by atoms with Crippen molar-refractivity contribution in [2.24, 2.45) is 0 Å². The summed E-state index contributed by atoms with van der Waals surface area (Å²) in [6.07, 6.45) is 0. The summed E-state index contributed by atoms with van der Waals surface area (Å²) < 4.78 is 28.5. The third kappa shape index (κ3) is 3.96. The number of aliphatic hydroxyl groups excluding tert-OH is 1. The zero-order valence-electron chi connectivity index (χ0n) is 10.9.